The fourth-order valence-electron chi connectivity index (χ4n) is 7.50. The average Bonchev–Trinajstić information content (AvgIpc) is 3.26. The number of para-hydroxylation sites is 1. The summed E-state index contributed by atoms with van der Waals surface area (Å²) >= 11 is 0. The molecule has 0 amide bonds. The zero-order valence-electron chi connectivity index (χ0n) is 30.1. The zero-order valence-corrected chi connectivity index (χ0v) is 30.1. The van der Waals surface area contributed by atoms with Crippen molar-refractivity contribution in [3.8, 4) is 67.4 Å². The van der Waals surface area contributed by atoms with Crippen LogP contribution in [0.3, 0.4) is 0 Å². The quantitative estimate of drug-likeness (QED) is 0.161. The van der Waals surface area contributed by atoms with Crippen LogP contribution in [0.1, 0.15) is 5.69 Å². The summed E-state index contributed by atoms with van der Waals surface area (Å²) in [5, 5.41) is 3.25. The van der Waals surface area contributed by atoms with Crippen LogP contribution in [-0.2, 0) is 0 Å². The molecule has 0 fully saturated rings. The minimum absolute atomic E-state index is 0.668. The predicted octanol–water partition coefficient (Wildman–Crippen LogP) is 12.4. The molecule has 4 heterocycles. The van der Waals surface area contributed by atoms with Gasteiger partial charge in [0.05, 0.1) is 33.6 Å². The number of aromatic nitrogens is 5. The first-order valence-corrected chi connectivity index (χ1v) is 18.4. The highest BCUT2D eigenvalue weighted by Crippen LogP contribution is 2.36. The van der Waals surface area contributed by atoms with Crippen molar-refractivity contribution in [1.29, 1.82) is 0 Å². The zero-order chi connectivity index (χ0) is 36.7. The number of hydrogen-bond donors (Lipinski definition) is 0. The highest BCUT2D eigenvalue weighted by Gasteiger charge is 2.15. The number of rotatable bonds is 6. The number of aryl methyl sites for hydroxylation is 1. The number of pyridine rings is 3. The summed E-state index contributed by atoms with van der Waals surface area (Å²) in [6, 6.07) is 60.8. The Morgan fingerprint density at radius 3 is 1.71 bits per heavy atom. The van der Waals surface area contributed by atoms with Gasteiger partial charge in [0.2, 0.25) is 0 Å². The lowest BCUT2D eigenvalue weighted by Gasteiger charge is -2.13. The molecular weight excluding hydrogens is 671 g/mol. The molecular formula is C50H33N5. The second-order valence-corrected chi connectivity index (χ2v) is 13.8. The Morgan fingerprint density at radius 1 is 0.345 bits per heavy atom. The topological polar surface area (TPSA) is 64.5 Å². The standard InChI is InChI=1S/C50H33N5/c1-32-28-43(33-12-4-2-5-13-33)42-25-23-35-24-26-44(53-48(35)49(42)52-32)38-18-9-20-40(30-38)46-31-45(54-50(55-46)36-14-6-3-7-15-36)39-19-8-17-37(29-39)41-22-10-16-34-21-11-27-51-47(34)41/h2-31H,1H3. The Bertz CT molecular complexity index is 3040. The van der Waals surface area contributed by atoms with Crippen molar-refractivity contribution < 1.29 is 0 Å². The monoisotopic (exact) mass is 703 g/mol. The van der Waals surface area contributed by atoms with Crippen molar-refractivity contribution in [2.75, 3.05) is 0 Å². The minimum Gasteiger partial charge on any atom is -0.256 e. The Hall–Kier alpha value is -7.37. The summed E-state index contributed by atoms with van der Waals surface area (Å²) in [4.78, 5) is 25.3. The maximum absolute atomic E-state index is 5.27. The molecule has 4 aromatic heterocycles. The Balaban J connectivity index is 1.09. The lowest BCUT2D eigenvalue weighted by Crippen LogP contribution is -1.96. The number of nitrogens with zero attached hydrogens (tertiary/aromatic N) is 5. The van der Waals surface area contributed by atoms with Gasteiger partial charge in [0.25, 0.3) is 0 Å². The van der Waals surface area contributed by atoms with E-state index in [1.54, 1.807) is 0 Å². The Kier molecular flexibility index (Phi) is 7.96. The highest BCUT2D eigenvalue weighted by atomic mass is 14.9. The van der Waals surface area contributed by atoms with Crippen molar-refractivity contribution in [1.82, 2.24) is 24.9 Å². The van der Waals surface area contributed by atoms with Gasteiger partial charge in [-0.2, -0.15) is 0 Å². The van der Waals surface area contributed by atoms with Crippen LogP contribution >= 0.6 is 0 Å². The van der Waals surface area contributed by atoms with Crippen LogP contribution in [0, 0.1) is 6.92 Å². The van der Waals surface area contributed by atoms with E-state index in [0.717, 1.165) is 100.0 Å². The third kappa shape index (κ3) is 6.08. The first kappa shape index (κ1) is 32.3. The minimum atomic E-state index is 0.668. The first-order chi connectivity index (χ1) is 27.1. The molecule has 10 aromatic rings. The van der Waals surface area contributed by atoms with Crippen molar-refractivity contribution in [2.24, 2.45) is 0 Å². The van der Waals surface area contributed by atoms with E-state index in [-0.39, 0.29) is 0 Å². The molecule has 0 saturated carbocycles. The Morgan fingerprint density at radius 2 is 0.945 bits per heavy atom. The van der Waals surface area contributed by atoms with Crippen molar-refractivity contribution in [2.45, 2.75) is 6.92 Å². The molecule has 10 rings (SSSR count). The third-order valence-electron chi connectivity index (χ3n) is 10.2. The molecule has 55 heavy (non-hydrogen) atoms. The van der Waals surface area contributed by atoms with Gasteiger partial charge in [0.15, 0.2) is 5.82 Å². The summed E-state index contributed by atoms with van der Waals surface area (Å²) in [6.07, 6.45) is 1.85. The molecule has 0 N–H and O–H groups in total. The smallest absolute Gasteiger partial charge is 0.160 e. The van der Waals surface area contributed by atoms with Crippen LogP contribution in [0.4, 0.5) is 0 Å². The van der Waals surface area contributed by atoms with Crippen LogP contribution in [0.2, 0.25) is 0 Å². The van der Waals surface area contributed by atoms with Crippen LogP contribution in [-0.4, -0.2) is 24.9 Å². The number of fused-ring (bicyclic) bond motifs is 4. The van der Waals surface area contributed by atoms with Crippen molar-refractivity contribution in [3.63, 3.8) is 0 Å². The van der Waals surface area contributed by atoms with E-state index in [1.807, 2.05) is 36.5 Å². The summed E-state index contributed by atoms with van der Waals surface area (Å²) in [6.45, 7) is 2.05. The maximum atomic E-state index is 5.27. The second-order valence-electron chi connectivity index (χ2n) is 13.8. The molecule has 0 bridgehead atoms. The molecule has 0 aliphatic carbocycles. The van der Waals surface area contributed by atoms with Crippen LogP contribution < -0.4 is 0 Å². The fraction of sp³-hybridized carbons (Fsp3) is 0.0200. The van der Waals surface area contributed by atoms with Gasteiger partial charge in [-0.05, 0) is 60.0 Å². The third-order valence-corrected chi connectivity index (χ3v) is 10.2. The van der Waals surface area contributed by atoms with E-state index in [1.165, 1.54) is 0 Å². The van der Waals surface area contributed by atoms with Crippen molar-refractivity contribution in [3.05, 3.63) is 188 Å². The van der Waals surface area contributed by atoms with E-state index < -0.39 is 0 Å². The molecule has 0 spiro atoms. The molecule has 0 aliphatic rings. The van der Waals surface area contributed by atoms with Crippen molar-refractivity contribution >= 4 is 32.7 Å². The SMILES string of the molecule is Cc1cc(-c2ccccc2)c2ccc3ccc(-c4cccc(-c5cc(-c6cccc(-c7cccc8cccnc78)c6)nc(-c6ccccc6)n5)c4)nc3c2n1. The fourth-order valence-corrected chi connectivity index (χ4v) is 7.50. The van der Waals surface area contributed by atoms with Crippen LogP contribution in [0.5, 0.6) is 0 Å². The van der Waals surface area contributed by atoms with Gasteiger partial charge >= 0.3 is 0 Å². The van der Waals surface area contributed by atoms with E-state index in [9.17, 15) is 0 Å². The van der Waals surface area contributed by atoms with E-state index in [2.05, 4.69) is 153 Å². The largest absolute Gasteiger partial charge is 0.256 e. The van der Waals surface area contributed by atoms with Gasteiger partial charge in [-0.3, -0.25) is 9.97 Å². The summed E-state index contributed by atoms with van der Waals surface area (Å²) in [5.41, 5.74) is 14.7. The Labute approximate surface area is 318 Å². The van der Waals surface area contributed by atoms with Gasteiger partial charge in [-0.25, -0.2) is 15.0 Å². The molecule has 6 aromatic carbocycles. The molecule has 5 heteroatoms. The van der Waals surface area contributed by atoms with Crippen LogP contribution in [0.15, 0.2) is 182 Å². The molecule has 0 saturated heterocycles. The molecule has 0 radical (unpaired) electrons. The molecule has 258 valence electrons. The molecule has 0 unspecified atom stereocenters. The van der Waals surface area contributed by atoms with E-state index >= 15 is 0 Å². The van der Waals surface area contributed by atoms with Gasteiger partial charge in [0, 0.05) is 55.9 Å². The molecule has 0 aliphatic heterocycles. The normalized spacial score (nSPS) is 11.4. The lowest BCUT2D eigenvalue weighted by molar-refractivity contribution is 1.18. The summed E-state index contributed by atoms with van der Waals surface area (Å²) < 4.78 is 0. The first-order valence-electron chi connectivity index (χ1n) is 18.4. The summed E-state index contributed by atoms with van der Waals surface area (Å²) in [7, 11) is 0. The van der Waals surface area contributed by atoms with E-state index in [4.69, 9.17) is 24.9 Å². The lowest BCUT2D eigenvalue weighted by atomic mass is 9.98. The second kappa shape index (κ2) is 13.6. The number of hydrogen-bond acceptors (Lipinski definition) is 5. The average molecular weight is 704 g/mol. The van der Waals surface area contributed by atoms with Gasteiger partial charge in [-0.1, -0.05) is 140 Å². The maximum Gasteiger partial charge on any atom is 0.160 e. The molecule has 5 nitrogen and oxygen atoms in total. The summed E-state index contributed by atoms with van der Waals surface area (Å²) in [5.74, 6) is 0.668. The van der Waals surface area contributed by atoms with Gasteiger partial charge in [-0.15, -0.1) is 0 Å². The predicted molar refractivity (Wildman–Crippen MR) is 225 cm³/mol. The van der Waals surface area contributed by atoms with Gasteiger partial charge in [0.1, 0.15) is 0 Å². The number of benzene rings is 6. The van der Waals surface area contributed by atoms with E-state index in [0.29, 0.717) is 5.82 Å². The van der Waals surface area contributed by atoms with Gasteiger partial charge < -0.3 is 0 Å². The molecule has 0 atom stereocenters. The highest BCUT2D eigenvalue weighted by molar-refractivity contribution is 6.08. The van der Waals surface area contributed by atoms with Crippen LogP contribution in [0.25, 0.3) is 100 Å².